The number of carbonyl (C=O) groups is 1. The second-order valence-corrected chi connectivity index (χ2v) is 6.07. The number of aryl methyl sites for hydroxylation is 1. The predicted molar refractivity (Wildman–Crippen MR) is 94.5 cm³/mol. The highest BCUT2D eigenvalue weighted by molar-refractivity contribution is 5.95. The number of amides is 1. The van der Waals surface area contributed by atoms with Gasteiger partial charge in [0.15, 0.2) is 0 Å². The lowest BCUT2D eigenvalue weighted by atomic mass is 10.0. The molecule has 2 aromatic rings. The quantitative estimate of drug-likeness (QED) is 0.844. The zero-order valence-electron chi connectivity index (χ0n) is 13.7. The van der Waals surface area contributed by atoms with Crippen molar-refractivity contribution < 1.29 is 4.79 Å². The molecule has 3 rings (SSSR count). The Hall–Kier alpha value is -2.13. The minimum Gasteiger partial charge on any atom is -0.311 e. The Morgan fingerprint density at radius 3 is 2.61 bits per heavy atom. The molecule has 120 valence electrons. The van der Waals surface area contributed by atoms with E-state index >= 15 is 0 Å². The molecule has 0 saturated carbocycles. The second kappa shape index (κ2) is 7.42. The lowest BCUT2D eigenvalue weighted by Crippen LogP contribution is -2.42. The van der Waals surface area contributed by atoms with Gasteiger partial charge in [-0.2, -0.15) is 0 Å². The molecule has 1 aliphatic rings. The van der Waals surface area contributed by atoms with Crippen molar-refractivity contribution in [1.82, 2.24) is 4.90 Å². The topological polar surface area (TPSA) is 23.6 Å². The van der Waals surface area contributed by atoms with Gasteiger partial charge in [-0.25, -0.2) is 0 Å². The van der Waals surface area contributed by atoms with Crippen molar-refractivity contribution in [1.29, 1.82) is 0 Å². The van der Waals surface area contributed by atoms with E-state index in [0.29, 0.717) is 6.54 Å². The number of hydrogen-bond acceptors (Lipinski definition) is 2. The Balaban J connectivity index is 1.68. The van der Waals surface area contributed by atoms with Crippen LogP contribution in [0.25, 0.3) is 0 Å². The SMILES string of the molecule is CCN(CC(=O)N1CCCc2ccccc21)Cc1ccccc1. The summed E-state index contributed by atoms with van der Waals surface area (Å²) in [5.41, 5.74) is 3.64. The molecule has 0 fully saturated rings. The Morgan fingerprint density at radius 1 is 1.09 bits per heavy atom. The van der Waals surface area contributed by atoms with Crippen molar-refractivity contribution >= 4 is 11.6 Å². The first-order valence-electron chi connectivity index (χ1n) is 8.42. The van der Waals surface area contributed by atoms with E-state index in [1.165, 1.54) is 11.1 Å². The first kappa shape index (κ1) is 15.8. The Morgan fingerprint density at radius 2 is 1.83 bits per heavy atom. The van der Waals surface area contributed by atoms with E-state index in [0.717, 1.165) is 38.2 Å². The molecule has 3 nitrogen and oxygen atoms in total. The summed E-state index contributed by atoms with van der Waals surface area (Å²) < 4.78 is 0. The van der Waals surface area contributed by atoms with Crippen LogP contribution in [0.15, 0.2) is 54.6 Å². The van der Waals surface area contributed by atoms with Crippen molar-refractivity contribution in [3.8, 4) is 0 Å². The maximum atomic E-state index is 12.8. The Kier molecular flexibility index (Phi) is 5.09. The fraction of sp³-hybridized carbons (Fsp3) is 0.350. The number of likely N-dealkylation sites (N-methyl/N-ethyl adjacent to an activating group) is 1. The van der Waals surface area contributed by atoms with Crippen molar-refractivity contribution in [2.75, 3.05) is 24.5 Å². The van der Waals surface area contributed by atoms with E-state index in [-0.39, 0.29) is 5.91 Å². The van der Waals surface area contributed by atoms with E-state index in [1.54, 1.807) is 0 Å². The molecule has 3 heteroatoms. The van der Waals surface area contributed by atoms with Crippen molar-refractivity contribution in [2.24, 2.45) is 0 Å². The number of benzene rings is 2. The predicted octanol–water partition coefficient (Wildman–Crippen LogP) is 3.49. The lowest BCUT2D eigenvalue weighted by molar-refractivity contribution is -0.119. The molecule has 0 bridgehead atoms. The van der Waals surface area contributed by atoms with Crippen LogP contribution in [0, 0.1) is 0 Å². The van der Waals surface area contributed by atoms with Gasteiger partial charge < -0.3 is 4.90 Å². The largest absolute Gasteiger partial charge is 0.311 e. The van der Waals surface area contributed by atoms with Crippen LogP contribution in [0.1, 0.15) is 24.5 Å². The summed E-state index contributed by atoms with van der Waals surface area (Å²) in [6.45, 7) is 5.10. The molecule has 1 heterocycles. The molecule has 0 radical (unpaired) electrons. The fourth-order valence-electron chi connectivity index (χ4n) is 3.19. The number of nitrogens with zero attached hydrogens (tertiary/aromatic N) is 2. The molecule has 0 N–H and O–H groups in total. The van der Waals surface area contributed by atoms with Crippen LogP contribution in [-0.2, 0) is 17.8 Å². The highest BCUT2D eigenvalue weighted by Gasteiger charge is 2.23. The first-order chi connectivity index (χ1) is 11.3. The molecule has 0 aromatic heterocycles. The van der Waals surface area contributed by atoms with Crippen LogP contribution >= 0.6 is 0 Å². The molecule has 0 aliphatic carbocycles. The van der Waals surface area contributed by atoms with Crippen molar-refractivity contribution in [3.05, 3.63) is 65.7 Å². The van der Waals surface area contributed by atoms with E-state index in [1.807, 2.05) is 29.2 Å². The molecule has 0 unspecified atom stereocenters. The number of para-hydroxylation sites is 1. The molecular weight excluding hydrogens is 284 g/mol. The highest BCUT2D eigenvalue weighted by atomic mass is 16.2. The van der Waals surface area contributed by atoms with Gasteiger partial charge in [-0.05, 0) is 36.6 Å². The van der Waals surface area contributed by atoms with Gasteiger partial charge >= 0.3 is 0 Å². The van der Waals surface area contributed by atoms with Crippen LogP contribution in [-0.4, -0.2) is 30.4 Å². The number of fused-ring (bicyclic) bond motifs is 1. The van der Waals surface area contributed by atoms with E-state index in [9.17, 15) is 4.79 Å². The minimum absolute atomic E-state index is 0.204. The summed E-state index contributed by atoms with van der Waals surface area (Å²) in [5.74, 6) is 0.204. The smallest absolute Gasteiger partial charge is 0.241 e. The lowest BCUT2D eigenvalue weighted by Gasteiger charge is -2.31. The molecule has 1 amide bonds. The average Bonchev–Trinajstić information content (AvgIpc) is 2.61. The van der Waals surface area contributed by atoms with Crippen LogP contribution in [0.4, 0.5) is 5.69 Å². The van der Waals surface area contributed by atoms with Gasteiger partial charge in [0.25, 0.3) is 0 Å². The summed E-state index contributed by atoms with van der Waals surface area (Å²) in [4.78, 5) is 17.0. The van der Waals surface area contributed by atoms with E-state index in [4.69, 9.17) is 0 Å². The van der Waals surface area contributed by atoms with Gasteiger partial charge in [-0.1, -0.05) is 55.5 Å². The van der Waals surface area contributed by atoms with Crippen LogP contribution in [0.5, 0.6) is 0 Å². The third-order valence-electron chi connectivity index (χ3n) is 4.47. The van der Waals surface area contributed by atoms with Gasteiger partial charge in [0.1, 0.15) is 0 Å². The Labute approximate surface area is 138 Å². The summed E-state index contributed by atoms with van der Waals surface area (Å²) in [6, 6.07) is 18.6. The maximum absolute atomic E-state index is 12.8. The molecule has 1 aliphatic heterocycles. The van der Waals surface area contributed by atoms with Crippen LogP contribution in [0.2, 0.25) is 0 Å². The number of carbonyl (C=O) groups excluding carboxylic acids is 1. The number of rotatable bonds is 5. The zero-order valence-corrected chi connectivity index (χ0v) is 13.7. The first-order valence-corrected chi connectivity index (χ1v) is 8.42. The van der Waals surface area contributed by atoms with Gasteiger partial charge in [0, 0.05) is 18.8 Å². The van der Waals surface area contributed by atoms with Gasteiger partial charge in [-0.3, -0.25) is 9.69 Å². The molecule has 0 spiro atoms. The molecule has 23 heavy (non-hydrogen) atoms. The van der Waals surface area contributed by atoms with Crippen molar-refractivity contribution in [2.45, 2.75) is 26.3 Å². The third-order valence-corrected chi connectivity index (χ3v) is 4.47. The fourth-order valence-corrected chi connectivity index (χ4v) is 3.19. The Bertz CT molecular complexity index is 654. The van der Waals surface area contributed by atoms with Gasteiger partial charge in [0.2, 0.25) is 5.91 Å². The van der Waals surface area contributed by atoms with E-state index < -0.39 is 0 Å². The summed E-state index contributed by atoms with van der Waals surface area (Å²) in [7, 11) is 0. The summed E-state index contributed by atoms with van der Waals surface area (Å²) in [5, 5.41) is 0. The standard InChI is InChI=1S/C20H24N2O/c1-2-21(15-17-9-4-3-5-10-17)16-20(23)22-14-8-12-18-11-6-7-13-19(18)22/h3-7,9-11,13H,2,8,12,14-16H2,1H3. The van der Waals surface area contributed by atoms with Crippen LogP contribution in [0.3, 0.4) is 0 Å². The number of anilines is 1. The summed E-state index contributed by atoms with van der Waals surface area (Å²) in [6.07, 6.45) is 2.12. The molecule has 0 atom stereocenters. The van der Waals surface area contributed by atoms with Gasteiger partial charge in [-0.15, -0.1) is 0 Å². The zero-order chi connectivity index (χ0) is 16.1. The van der Waals surface area contributed by atoms with Gasteiger partial charge in [0.05, 0.1) is 6.54 Å². The minimum atomic E-state index is 0.204. The van der Waals surface area contributed by atoms with E-state index in [2.05, 4.69) is 42.2 Å². The normalized spacial score (nSPS) is 13.9. The second-order valence-electron chi connectivity index (χ2n) is 6.07. The maximum Gasteiger partial charge on any atom is 0.241 e. The third kappa shape index (κ3) is 3.80. The monoisotopic (exact) mass is 308 g/mol. The average molecular weight is 308 g/mol. The highest BCUT2D eigenvalue weighted by Crippen LogP contribution is 2.26. The summed E-state index contributed by atoms with van der Waals surface area (Å²) >= 11 is 0. The molecular formula is C20H24N2O. The van der Waals surface area contributed by atoms with Crippen LogP contribution < -0.4 is 4.90 Å². The van der Waals surface area contributed by atoms with Crippen molar-refractivity contribution in [3.63, 3.8) is 0 Å². The molecule has 0 saturated heterocycles. The number of hydrogen-bond donors (Lipinski definition) is 0. The molecule has 2 aromatic carbocycles.